The highest BCUT2D eigenvalue weighted by atomic mass is 16.3. The molecular weight excluding hydrogens is 396 g/mol. The fourth-order valence-corrected chi connectivity index (χ4v) is 7.73. The molecule has 0 spiro atoms. The molecule has 2 aliphatic heterocycles. The number of fused-ring (bicyclic) bond motifs is 4. The van der Waals surface area contributed by atoms with Crippen molar-refractivity contribution in [2.45, 2.75) is 62.9 Å². The molecule has 2 unspecified atom stereocenters. The van der Waals surface area contributed by atoms with Gasteiger partial charge in [0.05, 0.1) is 17.6 Å². The number of nitrogens with zero attached hydrogens (tertiary/aromatic N) is 2. The number of hydrogen-bond donors (Lipinski definition) is 1. The van der Waals surface area contributed by atoms with Gasteiger partial charge in [-0.15, -0.1) is 0 Å². The van der Waals surface area contributed by atoms with Crippen molar-refractivity contribution in [3.05, 3.63) is 71.8 Å². The molecule has 2 aromatic rings. The largest absolute Gasteiger partial charge is 0.387 e. The summed E-state index contributed by atoms with van der Waals surface area (Å²) in [5, 5.41) is 12.1. The van der Waals surface area contributed by atoms with Gasteiger partial charge in [0.2, 0.25) is 0 Å². The van der Waals surface area contributed by atoms with E-state index < -0.39 is 5.60 Å². The van der Waals surface area contributed by atoms with Gasteiger partial charge in [0.25, 0.3) is 0 Å². The molecule has 4 nitrogen and oxygen atoms in total. The molecule has 8 atom stereocenters. The average molecular weight is 431 g/mol. The third-order valence-electron chi connectivity index (χ3n) is 9.19. The van der Waals surface area contributed by atoms with E-state index in [1.165, 1.54) is 11.1 Å². The number of ketones is 1. The first-order valence-corrected chi connectivity index (χ1v) is 12.3. The molecular formula is C28H34N2O2. The van der Waals surface area contributed by atoms with Crippen LogP contribution in [0.15, 0.2) is 60.7 Å². The Morgan fingerprint density at radius 1 is 0.875 bits per heavy atom. The minimum atomic E-state index is -0.871. The highest BCUT2D eigenvalue weighted by Gasteiger charge is 2.66. The Kier molecular flexibility index (Phi) is 4.83. The summed E-state index contributed by atoms with van der Waals surface area (Å²) in [6.07, 6.45) is 2.73. The molecule has 1 N–H and O–H groups in total. The molecule has 4 fully saturated rings. The predicted molar refractivity (Wildman–Crippen MR) is 125 cm³/mol. The van der Waals surface area contributed by atoms with Crippen LogP contribution in [0.5, 0.6) is 0 Å². The zero-order valence-electron chi connectivity index (χ0n) is 19.1. The highest BCUT2D eigenvalue weighted by molar-refractivity contribution is 5.91. The number of benzene rings is 2. The van der Waals surface area contributed by atoms with Crippen LogP contribution in [0.2, 0.25) is 0 Å². The lowest BCUT2D eigenvalue weighted by Gasteiger charge is -2.48. The summed E-state index contributed by atoms with van der Waals surface area (Å²) in [7, 11) is 0. The van der Waals surface area contributed by atoms with Crippen LogP contribution < -0.4 is 0 Å². The van der Waals surface area contributed by atoms with Crippen molar-refractivity contribution in [3.8, 4) is 0 Å². The molecule has 2 heterocycles. The first-order valence-electron chi connectivity index (χ1n) is 12.3. The third kappa shape index (κ3) is 2.96. The van der Waals surface area contributed by atoms with Gasteiger partial charge in [0.1, 0.15) is 0 Å². The van der Waals surface area contributed by atoms with E-state index in [4.69, 9.17) is 0 Å². The molecule has 0 amide bonds. The zero-order chi connectivity index (χ0) is 22.0. The molecule has 2 saturated heterocycles. The summed E-state index contributed by atoms with van der Waals surface area (Å²) < 4.78 is 0. The van der Waals surface area contributed by atoms with Crippen molar-refractivity contribution < 1.29 is 9.90 Å². The van der Waals surface area contributed by atoms with Gasteiger partial charge >= 0.3 is 0 Å². The maximum Gasteiger partial charge on any atom is 0.156 e. The van der Waals surface area contributed by atoms with E-state index in [1.54, 1.807) is 0 Å². The molecule has 4 bridgehead atoms. The molecule has 6 rings (SSSR count). The standard InChI is InChI=1S/C28H34N2O2/c1-18(21-9-5-3-6-10-21)29-17-23-14-24(29)27(31)26(23)28(32)15-20-13-25(28)30(16-20)19(2)22-11-7-4-8-12-22/h3-12,18-20,23-26,32H,13-17H2,1-2H3/t18-,19-,20-,23+,24+,25+,26?,28?/m1/s1. The van der Waals surface area contributed by atoms with Crippen LogP contribution in [0.3, 0.4) is 0 Å². The first-order chi connectivity index (χ1) is 15.5. The molecule has 4 aliphatic rings. The summed E-state index contributed by atoms with van der Waals surface area (Å²) in [6.45, 7) is 6.43. The number of Topliss-reactive ketones (excluding diaryl/α,β-unsaturated/α-hetero) is 1. The van der Waals surface area contributed by atoms with Crippen LogP contribution in [0.4, 0.5) is 0 Å². The highest BCUT2D eigenvalue weighted by Crippen LogP contribution is 2.57. The lowest BCUT2D eigenvalue weighted by molar-refractivity contribution is -0.151. The molecule has 0 aromatic heterocycles. The van der Waals surface area contributed by atoms with Crippen molar-refractivity contribution in [1.29, 1.82) is 0 Å². The monoisotopic (exact) mass is 430 g/mol. The summed E-state index contributed by atoms with van der Waals surface area (Å²) in [5.41, 5.74) is 1.69. The van der Waals surface area contributed by atoms with E-state index in [0.717, 1.165) is 32.4 Å². The van der Waals surface area contributed by atoms with Gasteiger partial charge in [-0.25, -0.2) is 0 Å². The SMILES string of the molecule is C[C@H](c1ccccc1)N1C[C@@H]2C[C@H]1C(O)(C1C(=O)[C@@H]3C[C@H]1CN3[C@H](C)c1ccccc1)C2. The minimum absolute atomic E-state index is 0.0386. The fraction of sp³-hybridized carbons (Fsp3) is 0.536. The Hall–Kier alpha value is -2.01. The van der Waals surface area contributed by atoms with Gasteiger partial charge in [-0.1, -0.05) is 60.7 Å². The number of hydrogen-bond acceptors (Lipinski definition) is 4. The minimum Gasteiger partial charge on any atom is -0.387 e. The molecule has 32 heavy (non-hydrogen) atoms. The van der Waals surface area contributed by atoms with Crippen LogP contribution in [0.25, 0.3) is 0 Å². The summed E-state index contributed by atoms with van der Waals surface area (Å²) >= 11 is 0. The van der Waals surface area contributed by atoms with Gasteiger partial charge in [0, 0.05) is 31.2 Å². The van der Waals surface area contributed by atoms with E-state index in [-0.39, 0.29) is 36.0 Å². The first kappa shape index (κ1) is 20.6. The lowest BCUT2D eigenvalue weighted by Crippen LogP contribution is -2.61. The van der Waals surface area contributed by atoms with Gasteiger partial charge in [-0.2, -0.15) is 0 Å². The summed E-state index contributed by atoms with van der Waals surface area (Å²) in [6, 6.07) is 21.7. The van der Waals surface area contributed by atoms with Crippen LogP contribution in [-0.2, 0) is 4.79 Å². The Bertz CT molecular complexity index is 995. The van der Waals surface area contributed by atoms with Crippen LogP contribution in [-0.4, -0.2) is 51.5 Å². The Morgan fingerprint density at radius 2 is 1.47 bits per heavy atom. The van der Waals surface area contributed by atoms with Gasteiger partial charge in [0.15, 0.2) is 5.78 Å². The van der Waals surface area contributed by atoms with Crippen molar-refractivity contribution in [1.82, 2.24) is 9.80 Å². The lowest BCUT2D eigenvalue weighted by atomic mass is 9.72. The molecule has 0 radical (unpaired) electrons. The van der Waals surface area contributed by atoms with Gasteiger partial charge in [-0.3, -0.25) is 14.6 Å². The van der Waals surface area contributed by atoms with Crippen LogP contribution in [0, 0.1) is 17.8 Å². The number of piperidine rings is 2. The second kappa shape index (κ2) is 7.51. The van der Waals surface area contributed by atoms with E-state index in [0.29, 0.717) is 11.7 Å². The van der Waals surface area contributed by atoms with Crippen molar-refractivity contribution in [3.63, 3.8) is 0 Å². The normalized spacial score (nSPS) is 38.5. The van der Waals surface area contributed by atoms with Crippen molar-refractivity contribution in [2.75, 3.05) is 13.1 Å². The number of rotatable bonds is 5. The molecule has 2 aliphatic carbocycles. The molecule has 4 heteroatoms. The number of aliphatic hydroxyl groups is 1. The quantitative estimate of drug-likeness (QED) is 0.771. The van der Waals surface area contributed by atoms with E-state index in [1.807, 2.05) is 6.07 Å². The van der Waals surface area contributed by atoms with E-state index in [9.17, 15) is 9.90 Å². The number of carbonyl (C=O) groups is 1. The summed E-state index contributed by atoms with van der Waals surface area (Å²) in [4.78, 5) is 18.6. The van der Waals surface area contributed by atoms with Crippen molar-refractivity contribution in [2.24, 2.45) is 17.8 Å². The zero-order valence-corrected chi connectivity index (χ0v) is 19.1. The average Bonchev–Trinajstić information content (AvgIpc) is 3.58. The molecule has 2 saturated carbocycles. The van der Waals surface area contributed by atoms with Crippen LogP contribution >= 0.6 is 0 Å². The van der Waals surface area contributed by atoms with E-state index in [2.05, 4.69) is 78.2 Å². The molecule has 168 valence electrons. The fourth-order valence-electron chi connectivity index (χ4n) is 7.73. The predicted octanol–water partition coefficient (Wildman–Crippen LogP) is 4.22. The number of carbonyl (C=O) groups excluding carboxylic acids is 1. The van der Waals surface area contributed by atoms with Crippen molar-refractivity contribution >= 4 is 5.78 Å². The Morgan fingerprint density at radius 3 is 2.03 bits per heavy atom. The third-order valence-corrected chi connectivity index (χ3v) is 9.19. The maximum atomic E-state index is 13.7. The Balaban J connectivity index is 1.23. The summed E-state index contributed by atoms with van der Waals surface area (Å²) in [5.74, 6) is 0.873. The maximum absolute atomic E-state index is 13.7. The van der Waals surface area contributed by atoms with E-state index >= 15 is 0 Å². The topological polar surface area (TPSA) is 43.8 Å². The van der Waals surface area contributed by atoms with Gasteiger partial charge in [-0.05, 0) is 56.1 Å². The number of likely N-dealkylation sites (tertiary alicyclic amines) is 2. The Labute approximate surface area is 191 Å². The second-order valence-electron chi connectivity index (χ2n) is 10.8. The van der Waals surface area contributed by atoms with Gasteiger partial charge < -0.3 is 5.11 Å². The van der Waals surface area contributed by atoms with Crippen LogP contribution in [0.1, 0.15) is 56.3 Å². The molecule has 2 aromatic carbocycles. The second-order valence-corrected chi connectivity index (χ2v) is 10.8. The smallest absolute Gasteiger partial charge is 0.156 e.